The van der Waals surface area contributed by atoms with Crippen LogP contribution in [0.2, 0.25) is 0 Å². The molecule has 0 aromatic heterocycles. The Morgan fingerprint density at radius 2 is 1.72 bits per heavy atom. The highest BCUT2D eigenvalue weighted by atomic mass is 16.5. The third-order valence-electron chi connectivity index (χ3n) is 4.28. The second-order valence-electron chi connectivity index (χ2n) is 6.77. The first-order chi connectivity index (χ1) is 11.8. The number of amides is 3. The Balaban J connectivity index is 2.02. The van der Waals surface area contributed by atoms with E-state index in [0.29, 0.717) is 19.7 Å². The third-order valence-corrected chi connectivity index (χ3v) is 4.28. The number of ether oxygens (including phenoxy) is 1. The number of benzene rings is 1. The van der Waals surface area contributed by atoms with Crippen molar-refractivity contribution in [1.29, 1.82) is 0 Å². The average Bonchev–Trinajstić information content (AvgIpc) is 2.88. The number of carbonyl (C=O) groups excluding carboxylic acids is 2. The highest BCUT2D eigenvalue weighted by Crippen LogP contribution is 2.23. The fourth-order valence-corrected chi connectivity index (χ4v) is 3.28. The molecule has 0 atom stereocenters. The maximum absolute atomic E-state index is 12.7. The van der Waals surface area contributed by atoms with E-state index in [1.54, 1.807) is 9.80 Å². The van der Waals surface area contributed by atoms with Crippen LogP contribution in [0, 0.1) is 0 Å². The third kappa shape index (κ3) is 4.44. The van der Waals surface area contributed by atoms with Crippen molar-refractivity contribution < 1.29 is 14.3 Å². The Labute approximate surface area is 150 Å². The van der Waals surface area contributed by atoms with E-state index in [2.05, 4.69) is 0 Å². The first kappa shape index (κ1) is 19.1. The molecule has 0 N–H and O–H groups in total. The lowest BCUT2D eigenvalue weighted by atomic mass is 10.2. The van der Waals surface area contributed by atoms with Crippen LogP contribution in [0.3, 0.4) is 0 Å². The van der Waals surface area contributed by atoms with E-state index < -0.39 is 0 Å². The molecule has 1 fully saturated rings. The summed E-state index contributed by atoms with van der Waals surface area (Å²) in [5, 5.41) is 0. The molecule has 25 heavy (non-hydrogen) atoms. The molecule has 0 saturated carbocycles. The zero-order valence-corrected chi connectivity index (χ0v) is 15.9. The standard InChI is InChI=1S/C19H29N3O3/c1-6-25-17-9-7-16(8-10-17)21-12-11-20(19(21)24)13-18(23)22(14(2)3)15(4)5/h7-10,14-15H,6,11-13H2,1-5H3. The van der Waals surface area contributed by atoms with Crippen molar-refractivity contribution in [2.24, 2.45) is 0 Å². The smallest absolute Gasteiger partial charge is 0.325 e. The molecule has 1 aliphatic heterocycles. The highest BCUT2D eigenvalue weighted by Gasteiger charge is 2.32. The summed E-state index contributed by atoms with van der Waals surface area (Å²) in [5.74, 6) is 0.779. The predicted molar refractivity (Wildman–Crippen MR) is 99.0 cm³/mol. The molecular formula is C19H29N3O3. The van der Waals surface area contributed by atoms with Crippen LogP contribution >= 0.6 is 0 Å². The van der Waals surface area contributed by atoms with Crippen molar-refractivity contribution in [2.75, 3.05) is 31.1 Å². The molecule has 0 bridgehead atoms. The van der Waals surface area contributed by atoms with Gasteiger partial charge in [0.05, 0.1) is 6.61 Å². The quantitative estimate of drug-likeness (QED) is 0.762. The van der Waals surface area contributed by atoms with Crippen molar-refractivity contribution in [3.05, 3.63) is 24.3 Å². The maximum Gasteiger partial charge on any atom is 0.325 e. The van der Waals surface area contributed by atoms with Crippen molar-refractivity contribution in [2.45, 2.75) is 46.7 Å². The number of rotatable bonds is 7. The topological polar surface area (TPSA) is 53.1 Å². The largest absolute Gasteiger partial charge is 0.494 e. The van der Waals surface area contributed by atoms with Gasteiger partial charge in [-0.05, 0) is 58.9 Å². The first-order valence-corrected chi connectivity index (χ1v) is 8.95. The SMILES string of the molecule is CCOc1ccc(N2CCN(CC(=O)N(C(C)C)C(C)C)C2=O)cc1. The monoisotopic (exact) mass is 347 g/mol. The normalized spacial score (nSPS) is 14.6. The summed E-state index contributed by atoms with van der Waals surface area (Å²) in [7, 11) is 0. The molecule has 0 aliphatic carbocycles. The average molecular weight is 347 g/mol. The lowest BCUT2D eigenvalue weighted by molar-refractivity contribution is -0.135. The Hall–Kier alpha value is -2.24. The Morgan fingerprint density at radius 3 is 2.24 bits per heavy atom. The number of hydrogen-bond acceptors (Lipinski definition) is 3. The Kier molecular flexibility index (Phi) is 6.28. The van der Waals surface area contributed by atoms with Gasteiger partial charge in [-0.25, -0.2) is 4.79 Å². The van der Waals surface area contributed by atoms with Crippen molar-refractivity contribution >= 4 is 17.6 Å². The Morgan fingerprint density at radius 1 is 1.12 bits per heavy atom. The van der Waals surface area contributed by atoms with Gasteiger partial charge >= 0.3 is 6.03 Å². The first-order valence-electron chi connectivity index (χ1n) is 8.95. The summed E-state index contributed by atoms with van der Waals surface area (Å²) in [5.41, 5.74) is 0.827. The molecule has 0 spiro atoms. The number of nitrogens with zero attached hydrogens (tertiary/aromatic N) is 3. The zero-order chi connectivity index (χ0) is 18.6. The summed E-state index contributed by atoms with van der Waals surface area (Å²) in [6.45, 7) is 11.8. The summed E-state index contributed by atoms with van der Waals surface area (Å²) in [4.78, 5) is 30.4. The molecule has 1 saturated heterocycles. The van der Waals surface area contributed by atoms with Crippen LogP contribution in [0.1, 0.15) is 34.6 Å². The minimum absolute atomic E-state index is 0.00751. The van der Waals surface area contributed by atoms with Crippen molar-refractivity contribution in [3.8, 4) is 5.75 Å². The Bertz CT molecular complexity index is 590. The lowest BCUT2D eigenvalue weighted by Gasteiger charge is -2.32. The molecule has 1 aromatic rings. The van der Waals surface area contributed by atoms with Crippen molar-refractivity contribution in [3.63, 3.8) is 0 Å². The van der Waals surface area contributed by atoms with Gasteiger partial charge in [-0.2, -0.15) is 0 Å². The number of carbonyl (C=O) groups is 2. The van der Waals surface area contributed by atoms with E-state index in [9.17, 15) is 9.59 Å². The van der Waals surface area contributed by atoms with Crippen LogP contribution < -0.4 is 9.64 Å². The van der Waals surface area contributed by atoms with Gasteiger partial charge in [0.25, 0.3) is 0 Å². The molecule has 0 unspecified atom stereocenters. The van der Waals surface area contributed by atoms with Crippen LogP contribution in [-0.2, 0) is 4.79 Å². The summed E-state index contributed by atoms with van der Waals surface area (Å²) >= 11 is 0. The highest BCUT2D eigenvalue weighted by molar-refractivity contribution is 5.96. The van der Waals surface area contributed by atoms with Gasteiger partial charge < -0.3 is 14.5 Å². The summed E-state index contributed by atoms with van der Waals surface area (Å²) < 4.78 is 5.43. The lowest BCUT2D eigenvalue weighted by Crippen LogP contribution is -2.48. The summed E-state index contributed by atoms with van der Waals surface area (Å²) in [6, 6.07) is 7.59. The van der Waals surface area contributed by atoms with Crippen LogP contribution in [0.25, 0.3) is 0 Å². The molecule has 1 heterocycles. The van der Waals surface area contributed by atoms with E-state index in [-0.39, 0.29) is 30.6 Å². The fourth-order valence-electron chi connectivity index (χ4n) is 3.28. The fraction of sp³-hybridized carbons (Fsp3) is 0.579. The summed E-state index contributed by atoms with van der Waals surface area (Å²) in [6.07, 6.45) is 0. The van der Waals surface area contributed by atoms with E-state index >= 15 is 0 Å². The minimum atomic E-state index is -0.120. The van der Waals surface area contributed by atoms with Gasteiger partial charge in [-0.15, -0.1) is 0 Å². The van der Waals surface area contributed by atoms with Gasteiger partial charge in [0.2, 0.25) is 5.91 Å². The maximum atomic E-state index is 12.7. The number of hydrogen-bond donors (Lipinski definition) is 0. The van der Waals surface area contributed by atoms with Crippen LogP contribution in [-0.4, -0.2) is 60.1 Å². The molecule has 2 rings (SSSR count). The van der Waals surface area contributed by atoms with E-state index in [4.69, 9.17) is 4.74 Å². The minimum Gasteiger partial charge on any atom is -0.494 e. The number of urea groups is 1. The predicted octanol–water partition coefficient (Wildman–Crippen LogP) is 2.97. The van der Waals surface area contributed by atoms with Gasteiger partial charge in [0.1, 0.15) is 12.3 Å². The second-order valence-corrected chi connectivity index (χ2v) is 6.77. The van der Waals surface area contributed by atoms with Crippen LogP contribution in [0.5, 0.6) is 5.75 Å². The van der Waals surface area contributed by atoms with E-state index in [1.807, 2.05) is 63.8 Å². The molecule has 6 heteroatoms. The molecule has 138 valence electrons. The van der Waals surface area contributed by atoms with E-state index in [1.165, 1.54) is 0 Å². The zero-order valence-electron chi connectivity index (χ0n) is 15.9. The van der Waals surface area contributed by atoms with Gasteiger partial charge in [0, 0.05) is 30.9 Å². The molecule has 3 amide bonds. The molecule has 1 aliphatic rings. The van der Waals surface area contributed by atoms with Gasteiger partial charge in [-0.1, -0.05) is 0 Å². The molecule has 1 aromatic carbocycles. The van der Waals surface area contributed by atoms with Gasteiger partial charge in [-0.3, -0.25) is 9.69 Å². The van der Waals surface area contributed by atoms with Crippen LogP contribution in [0.4, 0.5) is 10.5 Å². The molecule has 0 radical (unpaired) electrons. The second kappa shape index (κ2) is 8.23. The number of anilines is 1. The van der Waals surface area contributed by atoms with E-state index in [0.717, 1.165) is 11.4 Å². The van der Waals surface area contributed by atoms with Gasteiger partial charge in [0.15, 0.2) is 0 Å². The molecular weight excluding hydrogens is 318 g/mol. The van der Waals surface area contributed by atoms with Crippen LogP contribution in [0.15, 0.2) is 24.3 Å². The molecule has 6 nitrogen and oxygen atoms in total. The van der Waals surface area contributed by atoms with Crippen molar-refractivity contribution in [1.82, 2.24) is 9.80 Å².